The quantitative estimate of drug-likeness (QED) is 0.851. The number of carboxylic acid groups (broad SMARTS) is 1. The number of carbonyl (C=O) groups is 1. The van der Waals surface area contributed by atoms with E-state index in [-0.39, 0.29) is 0 Å². The lowest BCUT2D eigenvalue weighted by Crippen LogP contribution is -2.22. The van der Waals surface area contributed by atoms with Gasteiger partial charge in [0.05, 0.1) is 0 Å². The van der Waals surface area contributed by atoms with Crippen LogP contribution in [0, 0.1) is 6.92 Å². The summed E-state index contributed by atoms with van der Waals surface area (Å²) in [5.74, 6) is 0. The Kier molecular flexibility index (Phi) is 2.71. The Bertz CT molecular complexity index is 652. The number of hydrogen-bond donors (Lipinski definition) is 1. The van der Waals surface area contributed by atoms with Gasteiger partial charge in [-0.2, -0.15) is 0 Å². The van der Waals surface area contributed by atoms with E-state index in [1.165, 1.54) is 4.90 Å². The maximum absolute atomic E-state index is 11.0. The van der Waals surface area contributed by atoms with E-state index in [1.54, 1.807) is 6.20 Å². The van der Waals surface area contributed by atoms with Gasteiger partial charge in [-0.05, 0) is 47.4 Å². The van der Waals surface area contributed by atoms with Gasteiger partial charge in [0.25, 0.3) is 0 Å². The van der Waals surface area contributed by atoms with Crippen molar-refractivity contribution in [3.8, 4) is 11.1 Å². The van der Waals surface area contributed by atoms with E-state index in [0.29, 0.717) is 13.1 Å². The van der Waals surface area contributed by atoms with Crippen LogP contribution in [0.3, 0.4) is 0 Å². The summed E-state index contributed by atoms with van der Waals surface area (Å²) >= 11 is 0. The van der Waals surface area contributed by atoms with Gasteiger partial charge in [0.1, 0.15) is 0 Å². The number of pyridine rings is 1. The smallest absolute Gasteiger partial charge is 0.407 e. The Labute approximate surface area is 111 Å². The second-order valence-corrected chi connectivity index (χ2v) is 4.81. The van der Waals surface area contributed by atoms with Crippen LogP contribution in [-0.4, -0.2) is 21.1 Å². The number of nitrogens with zero attached hydrogens (tertiary/aromatic N) is 2. The number of aryl methyl sites for hydroxylation is 1. The Hall–Kier alpha value is -2.36. The summed E-state index contributed by atoms with van der Waals surface area (Å²) in [5.41, 5.74) is 5.39. The summed E-state index contributed by atoms with van der Waals surface area (Å²) in [6.07, 6.45) is 0.930. The van der Waals surface area contributed by atoms with Crippen molar-refractivity contribution in [1.82, 2.24) is 9.88 Å². The molecule has 19 heavy (non-hydrogen) atoms. The van der Waals surface area contributed by atoms with Crippen molar-refractivity contribution in [3.63, 3.8) is 0 Å². The summed E-state index contributed by atoms with van der Waals surface area (Å²) in [5, 5.41) is 9.03. The maximum Gasteiger partial charge on any atom is 0.407 e. The van der Waals surface area contributed by atoms with E-state index in [2.05, 4.69) is 11.1 Å². The molecule has 4 nitrogen and oxygen atoms in total. The van der Waals surface area contributed by atoms with Crippen molar-refractivity contribution in [2.45, 2.75) is 20.0 Å². The molecule has 0 bridgehead atoms. The predicted molar refractivity (Wildman–Crippen MR) is 71.7 cm³/mol. The van der Waals surface area contributed by atoms with Crippen LogP contribution in [-0.2, 0) is 13.1 Å². The molecule has 0 radical (unpaired) electrons. The highest BCUT2D eigenvalue weighted by molar-refractivity contribution is 5.69. The minimum atomic E-state index is -0.863. The highest BCUT2D eigenvalue weighted by atomic mass is 16.4. The maximum atomic E-state index is 11.0. The third-order valence-corrected chi connectivity index (χ3v) is 3.43. The number of benzene rings is 1. The van der Waals surface area contributed by atoms with Crippen LogP contribution in [0.4, 0.5) is 4.79 Å². The summed E-state index contributed by atoms with van der Waals surface area (Å²) in [6, 6.07) is 10.1. The normalized spacial score (nSPS) is 13.4. The molecule has 0 unspecified atom stereocenters. The number of amides is 1. The lowest BCUT2D eigenvalue weighted by Gasteiger charge is -2.08. The van der Waals surface area contributed by atoms with Gasteiger partial charge in [0, 0.05) is 25.0 Å². The van der Waals surface area contributed by atoms with Gasteiger partial charge in [-0.15, -0.1) is 0 Å². The fourth-order valence-corrected chi connectivity index (χ4v) is 2.43. The fourth-order valence-electron chi connectivity index (χ4n) is 2.43. The molecule has 0 saturated heterocycles. The van der Waals surface area contributed by atoms with Crippen LogP contribution >= 0.6 is 0 Å². The summed E-state index contributed by atoms with van der Waals surface area (Å²) < 4.78 is 0. The van der Waals surface area contributed by atoms with Crippen molar-refractivity contribution in [2.24, 2.45) is 0 Å². The first-order chi connectivity index (χ1) is 9.13. The van der Waals surface area contributed by atoms with Crippen LogP contribution in [0.5, 0.6) is 0 Å². The van der Waals surface area contributed by atoms with E-state index in [1.807, 2.05) is 31.2 Å². The number of rotatable bonds is 1. The average molecular weight is 254 g/mol. The van der Waals surface area contributed by atoms with Crippen LogP contribution in [0.15, 0.2) is 36.5 Å². The zero-order chi connectivity index (χ0) is 13.4. The Morgan fingerprint density at radius 1 is 1.16 bits per heavy atom. The Balaban J connectivity index is 1.96. The van der Waals surface area contributed by atoms with Crippen LogP contribution in [0.1, 0.15) is 16.8 Å². The van der Waals surface area contributed by atoms with E-state index in [4.69, 9.17) is 5.11 Å². The molecule has 1 aromatic carbocycles. The monoisotopic (exact) mass is 254 g/mol. The van der Waals surface area contributed by atoms with Gasteiger partial charge in [-0.1, -0.05) is 12.1 Å². The van der Waals surface area contributed by atoms with E-state index in [9.17, 15) is 4.79 Å². The van der Waals surface area contributed by atoms with Gasteiger partial charge in [0.2, 0.25) is 0 Å². The molecule has 2 heterocycles. The van der Waals surface area contributed by atoms with Crippen LogP contribution in [0.2, 0.25) is 0 Å². The molecule has 1 aliphatic heterocycles. The van der Waals surface area contributed by atoms with E-state index >= 15 is 0 Å². The van der Waals surface area contributed by atoms with Gasteiger partial charge in [0.15, 0.2) is 0 Å². The van der Waals surface area contributed by atoms with Crippen molar-refractivity contribution in [3.05, 3.63) is 53.3 Å². The fraction of sp³-hybridized carbons (Fsp3) is 0.200. The molecule has 96 valence electrons. The van der Waals surface area contributed by atoms with Crippen LogP contribution < -0.4 is 0 Å². The van der Waals surface area contributed by atoms with Crippen molar-refractivity contribution >= 4 is 6.09 Å². The Morgan fingerprint density at radius 2 is 1.89 bits per heavy atom. The van der Waals surface area contributed by atoms with Gasteiger partial charge < -0.3 is 5.11 Å². The molecular formula is C15H14N2O2. The molecule has 0 aliphatic carbocycles. The molecule has 0 fully saturated rings. The van der Waals surface area contributed by atoms with Gasteiger partial charge >= 0.3 is 6.09 Å². The molecule has 1 aliphatic rings. The lowest BCUT2D eigenvalue weighted by atomic mass is 10.0. The van der Waals surface area contributed by atoms with Gasteiger partial charge in [-0.3, -0.25) is 9.88 Å². The highest BCUT2D eigenvalue weighted by Crippen LogP contribution is 2.28. The average Bonchev–Trinajstić information content (AvgIpc) is 2.81. The molecule has 1 amide bonds. The highest BCUT2D eigenvalue weighted by Gasteiger charge is 2.22. The minimum absolute atomic E-state index is 0.475. The van der Waals surface area contributed by atoms with Crippen molar-refractivity contribution in [2.75, 3.05) is 0 Å². The minimum Gasteiger partial charge on any atom is -0.465 e. The second kappa shape index (κ2) is 4.39. The summed E-state index contributed by atoms with van der Waals surface area (Å²) in [7, 11) is 0. The summed E-state index contributed by atoms with van der Waals surface area (Å²) in [4.78, 5) is 16.6. The molecule has 3 rings (SSSR count). The number of hydrogen-bond acceptors (Lipinski definition) is 2. The molecule has 0 saturated carbocycles. The zero-order valence-electron chi connectivity index (χ0n) is 10.6. The molecule has 4 heteroatoms. The molecule has 1 aromatic heterocycles. The molecule has 2 aromatic rings. The number of aromatic nitrogens is 1. The zero-order valence-corrected chi connectivity index (χ0v) is 10.6. The first-order valence-corrected chi connectivity index (χ1v) is 6.16. The molecular weight excluding hydrogens is 240 g/mol. The third-order valence-electron chi connectivity index (χ3n) is 3.43. The van der Waals surface area contributed by atoms with E-state index < -0.39 is 6.09 Å². The Morgan fingerprint density at radius 3 is 2.63 bits per heavy atom. The van der Waals surface area contributed by atoms with Crippen LogP contribution in [0.25, 0.3) is 11.1 Å². The van der Waals surface area contributed by atoms with Crippen molar-refractivity contribution in [1.29, 1.82) is 0 Å². The van der Waals surface area contributed by atoms with E-state index in [0.717, 1.165) is 27.9 Å². The molecule has 0 atom stereocenters. The SMILES string of the molecule is Cc1cc(-c2ccc3c(c2)CN(C(=O)O)C3)ccn1. The second-order valence-electron chi connectivity index (χ2n) is 4.81. The summed E-state index contributed by atoms with van der Waals surface area (Å²) in [6.45, 7) is 2.92. The first-order valence-electron chi connectivity index (χ1n) is 6.16. The molecule has 1 N–H and O–H groups in total. The molecule has 0 spiro atoms. The first kappa shape index (κ1) is 11.7. The van der Waals surface area contributed by atoms with Gasteiger partial charge in [-0.25, -0.2) is 4.79 Å². The third kappa shape index (κ3) is 2.17. The largest absolute Gasteiger partial charge is 0.465 e. The standard InChI is InChI=1S/C15H14N2O2/c1-10-6-12(4-5-16-10)11-2-3-13-8-17(15(18)19)9-14(13)7-11/h2-7H,8-9H2,1H3,(H,18,19). The van der Waals surface area contributed by atoms with Crippen molar-refractivity contribution < 1.29 is 9.90 Å². The number of fused-ring (bicyclic) bond motifs is 1. The topological polar surface area (TPSA) is 53.4 Å². The predicted octanol–water partition coefficient (Wildman–Crippen LogP) is 3.05. The lowest BCUT2D eigenvalue weighted by molar-refractivity contribution is 0.145.